The number of carbonyl (C=O) groups excluding carboxylic acids is 1. The summed E-state index contributed by atoms with van der Waals surface area (Å²) in [6, 6.07) is 13.1. The predicted molar refractivity (Wildman–Crippen MR) is 100 cm³/mol. The summed E-state index contributed by atoms with van der Waals surface area (Å²) < 4.78 is 18.5. The Balaban J connectivity index is 1.51. The average Bonchev–Trinajstić information content (AvgIpc) is 3.24. The van der Waals surface area contributed by atoms with Crippen molar-refractivity contribution in [2.75, 3.05) is 20.2 Å². The lowest BCUT2D eigenvalue weighted by Gasteiger charge is -2.31. The van der Waals surface area contributed by atoms with Gasteiger partial charge in [-0.15, -0.1) is 10.2 Å². The summed E-state index contributed by atoms with van der Waals surface area (Å²) in [6.45, 7) is 1.14. The number of halogens is 1. The number of benzene rings is 2. The molecule has 1 atom stereocenters. The van der Waals surface area contributed by atoms with Crippen molar-refractivity contribution < 1.29 is 13.9 Å². The van der Waals surface area contributed by atoms with Crippen molar-refractivity contribution in [1.29, 1.82) is 0 Å². The summed E-state index contributed by atoms with van der Waals surface area (Å²) in [4.78, 5) is 16.1. The number of amides is 1. The maximum absolute atomic E-state index is 13.1. The number of likely N-dealkylation sites (tertiary alicyclic amines) is 1. The molecule has 0 aliphatic carbocycles. The third kappa shape index (κ3) is 3.58. The first kappa shape index (κ1) is 18.1. The third-order valence-corrected chi connectivity index (χ3v) is 4.88. The van der Waals surface area contributed by atoms with Gasteiger partial charge < -0.3 is 9.64 Å². The van der Waals surface area contributed by atoms with E-state index in [2.05, 4.69) is 15.4 Å². The van der Waals surface area contributed by atoms with Crippen LogP contribution in [-0.2, 0) is 0 Å². The van der Waals surface area contributed by atoms with Crippen molar-refractivity contribution in [2.45, 2.75) is 18.9 Å². The summed E-state index contributed by atoms with van der Waals surface area (Å²) >= 11 is 0. The zero-order chi connectivity index (χ0) is 19.5. The van der Waals surface area contributed by atoms with Crippen LogP contribution in [0.25, 0.3) is 11.4 Å². The molecule has 1 aromatic heterocycles. The van der Waals surface area contributed by atoms with Crippen molar-refractivity contribution in [3.8, 4) is 17.1 Å². The largest absolute Gasteiger partial charge is 0.496 e. The molecule has 2 heterocycles. The normalized spacial score (nSPS) is 16.8. The zero-order valence-corrected chi connectivity index (χ0v) is 15.5. The van der Waals surface area contributed by atoms with Crippen molar-refractivity contribution >= 4 is 5.91 Å². The molecule has 28 heavy (non-hydrogen) atoms. The van der Waals surface area contributed by atoms with Gasteiger partial charge in [0.1, 0.15) is 11.6 Å². The Morgan fingerprint density at radius 3 is 2.75 bits per heavy atom. The van der Waals surface area contributed by atoms with Gasteiger partial charge in [0, 0.05) is 18.7 Å². The van der Waals surface area contributed by atoms with E-state index < -0.39 is 0 Å². The molecule has 1 saturated heterocycles. The third-order valence-electron chi connectivity index (χ3n) is 4.88. The van der Waals surface area contributed by atoms with Crippen LogP contribution in [0.2, 0.25) is 0 Å². The predicted octanol–water partition coefficient (Wildman–Crippen LogP) is 2.97. The Morgan fingerprint density at radius 1 is 1.18 bits per heavy atom. The van der Waals surface area contributed by atoms with E-state index >= 15 is 0 Å². The summed E-state index contributed by atoms with van der Waals surface area (Å²) in [5.74, 6) is 0.691. The molecule has 1 unspecified atom stereocenters. The molecule has 3 aromatic rings. The second-order valence-corrected chi connectivity index (χ2v) is 6.69. The quantitative estimate of drug-likeness (QED) is 0.695. The first-order chi connectivity index (χ1) is 13.7. The van der Waals surface area contributed by atoms with Gasteiger partial charge in [-0.3, -0.25) is 4.79 Å². The Hall–Kier alpha value is -3.29. The number of methoxy groups -OCH3 is 1. The van der Waals surface area contributed by atoms with E-state index in [0.29, 0.717) is 30.2 Å². The molecule has 0 saturated carbocycles. The van der Waals surface area contributed by atoms with Crippen molar-refractivity contribution in [3.05, 3.63) is 59.9 Å². The lowest BCUT2D eigenvalue weighted by atomic mass is 10.0. The number of carbonyl (C=O) groups is 1. The smallest absolute Gasteiger partial charge is 0.253 e. The SMILES string of the molecule is COc1ccccc1-c1nnn(C2CCCN(C(=O)c3ccc(F)cc3)C2)n1. The van der Waals surface area contributed by atoms with Gasteiger partial charge in [0.2, 0.25) is 5.82 Å². The van der Waals surface area contributed by atoms with Crippen LogP contribution < -0.4 is 4.74 Å². The van der Waals surface area contributed by atoms with E-state index in [0.717, 1.165) is 18.4 Å². The summed E-state index contributed by atoms with van der Waals surface area (Å²) in [6.07, 6.45) is 1.69. The fourth-order valence-electron chi connectivity index (χ4n) is 3.42. The number of para-hydroxylation sites is 1. The molecule has 0 spiro atoms. The van der Waals surface area contributed by atoms with E-state index in [-0.39, 0.29) is 17.8 Å². The Bertz CT molecular complexity index is 973. The highest BCUT2D eigenvalue weighted by molar-refractivity contribution is 5.94. The highest BCUT2D eigenvalue weighted by atomic mass is 19.1. The summed E-state index contributed by atoms with van der Waals surface area (Å²) in [5, 5.41) is 12.9. The Morgan fingerprint density at radius 2 is 1.96 bits per heavy atom. The standard InChI is InChI=1S/C20H20FN5O2/c1-28-18-7-3-2-6-17(18)19-22-24-26(23-19)16-5-4-12-25(13-16)20(27)14-8-10-15(21)11-9-14/h2-3,6-11,16H,4-5,12-13H2,1H3. The minimum atomic E-state index is -0.358. The van der Waals surface area contributed by atoms with Crippen molar-refractivity contribution in [3.63, 3.8) is 0 Å². The number of rotatable bonds is 4. The van der Waals surface area contributed by atoms with E-state index in [9.17, 15) is 9.18 Å². The molecule has 0 N–H and O–H groups in total. The monoisotopic (exact) mass is 381 g/mol. The van der Waals surface area contributed by atoms with Gasteiger partial charge in [0.25, 0.3) is 5.91 Å². The zero-order valence-electron chi connectivity index (χ0n) is 15.5. The fourth-order valence-corrected chi connectivity index (χ4v) is 3.42. The maximum atomic E-state index is 13.1. The first-order valence-electron chi connectivity index (χ1n) is 9.13. The van der Waals surface area contributed by atoms with Gasteiger partial charge in [-0.25, -0.2) is 4.39 Å². The molecule has 0 radical (unpaired) electrons. The topological polar surface area (TPSA) is 73.1 Å². The van der Waals surface area contributed by atoms with Gasteiger partial charge in [-0.05, 0) is 54.5 Å². The number of nitrogens with zero attached hydrogens (tertiary/aromatic N) is 5. The average molecular weight is 381 g/mol. The molecule has 8 heteroatoms. The van der Waals surface area contributed by atoms with Gasteiger partial charge in [-0.2, -0.15) is 4.80 Å². The number of aromatic nitrogens is 4. The van der Waals surface area contributed by atoms with Crippen LogP contribution >= 0.6 is 0 Å². The Labute approximate surface area is 161 Å². The maximum Gasteiger partial charge on any atom is 0.253 e. The number of hydrogen-bond donors (Lipinski definition) is 0. The first-order valence-corrected chi connectivity index (χ1v) is 9.13. The van der Waals surface area contributed by atoms with Gasteiger partial charge in [0.05, 0.1) is 18.7 Å². The molecule has 1 fully saturated rings. The van der Waals surface area contributed by atoms with Crippen LogP contribution in [0, 0.1) is 5.82 Å². The molecule has 144 valence electrons. The summed E-state index contributed by atoms with van der Waals surface area (Å²) in [5.41, 5.74) is 1.25. The summed E-state index contributed by atoms with van der Waals surface area (Å²) in [7, 11) is 1.60. The van der Waals surface area contributed by atoms with Gasteiger partial charge in [0.15, 0.2) is 0 Å². The van der Waals surface area contributed by atoms with E-state index in [1.165, 1.54) is 24.3 Å². The fraction of sp³-hybridized carbons (Fsp3) is 0.300. The second kappa shape index (κ2) is 7.75. The molecular formula is C20H20FN5O2. The van der Waals surface area contributed by atoms with Crippen LogP contribution in [-0.4, -0.2) is 51.2 Å². The van der Waals surface area contributed by atoms with Crippen LogP contribution in [0.1, 0.15) is 29.2 Å². The minimum absolute atomic E-state index is 0.0610. The highest BCUT2D eigenvalue weighted by Gasteiger charge is 2.27. The van der Waals surface area contributed by atoms with Crippen molar-refractivity contribution in [1.82, 2.24) is 25.1 Å². The second-order valence-electron chi connectivity index (χ2n) is 6.69. The van der Waals surface area contributed by atoms with Gasteiger partial charge in [-0.1, -0.05) is 12.1 Å². The number of hydrogen-bond acceptors (Lipinski definition) is 5. The molecule has 1 aliphatic heterocycles. The minimum Gasteiger partial charge on any atom is -0.496 e. The van der Waals surface area contributed by atoms with E-state index in [1.807, 2.05) is 24.3 Å². The molecular weight excluding hydrogens is 361 g/mol. The number of ether oxygens (including phenoxy) is 1. The number of piperidine rings is 1. The number of tetrazole rings is 1. The van der Waals surface area contributed by atoms with E-state index in [4.69, 9.17) is 4.74 Å². The molecule has 7 nitrogen and oxygen atoms in total. The van der Waals surface area contributed by atoms with Crippen LogP contribution in [0.15, 0.2) is 48.5 Å². The Kier molecular flexibility index (Phi) is 5.01. The van der Waals surface area contributed by atoms with Crippen LogP contribution in [0.3, 0.4) is 0 Å². The van der Waals surface area contributed by atoms with Gasteiger partial charge >= 0.3 is 0 Å². The lowest BCUT2D eigenvalue weighted by Crippen LogP contribution is -2.41. The molecule has 4 rings (SSSR count). The molecule has 2 aromatic carbocycles. The molecule has 1 amide bonds. The highest BCUT2D eigenvalue weighted by Crippen LogP contribution is 2.27. The van der Waals surface area contributed by atoms with Crippen molar-refractivity contribution in [2.24, 2.45) is 0 Å². The van der Waals surface area contributed by atoms with Crippen LogP contribution in [0.5, 0.6) is 5.75 Å². The van der Waals surface area contributed by atoms with E-state index in [1.54, 1.807) is 16.8 Å². The molecule has 1 aliphatic rings. The lowest BCUT2D eigenvalue weighted by molar-refractivity contribution is 0.0663. The van der Waals surface area contributed by atoms with Crippen LogP contribution in [0.4, 0.5) is 4.39 Å². The molecule has 0 bridgehead atoms.